The van der Waals surface area contributed by atoms with Gasteiger partial charge in [-0.15, -0.1) is 0 Å². The van der Waals surface area contributed by atoms with Gasteiger partial charge in [0.15, 0.2) is 0 Å². The Morgan fingerprint density at radius 1 is 1.00 bits per heavy atom. The topological polar surface area (TPSA) is 156 Å². The molecule has 8 nitrogen and oxygen atoms in total. The highest BCUT2D eigenvalue weighted by Crippen LogP contribution is 2.27. The van der Waals surface area contributed by atoms with Crippen LogP contribution in [0.1, 0.15) is 18.1 Å². The molecule has 7 N–H and O–H groups in total. The van der Waals surface area contributed by atoms with Gasteiger partial charge in [-0.25, -0.2) is 9.59 Å². The van der Waals surface area contributed by atoms with E-state index in [1.54, 1.807) is 0 Å². The molecule has 0 saturated heterocycles. The predicted octanol–water partition coefficient (Wildman–Crippen LogP) is 1.51. The average Bonchev–Trinajstić information content (AvgIpc) is 2.67. The summed E-state index contributed by atoms with van der Waals surface area (Å²) in [6.45, 7) is 1.95. The van der Waals surface area contributed by atoms with Crippen molar-refractivity contribution >= 4 is 23.5 Å². The lowest BCUT2D eigenvalue weighted by Crippen LogP contribution is -2.47. The van der Waals surface area contributed by atoms with Crippen LogP contribution in [0.4, 0.5) is 5.69 Å². The number of carboxylic acid groups (broad SMARTS) is 2. The van der Waals surface area contributed by atoms with Gasteiger partial charge in [-0.2, -0.15) is 0 Å². The predicted molar refractivity (Wildman–Crippen MR) is 110 cm³/mol. The van der Waals surface area contributed by atoms with Gasteiger partial charge in [-0.3, -0.25) is 4.79 Å². The Balaban J connectivity index is 0.000000447. The molecule has 1 unspecified atom stereocenters. The van der Waals surface area contributed by atoms with Gasteiger partial charge >= 0.3 is 11.9 Å². The van der Waals surface area contributed by atoms with Crippen molar-refractivity contribution in [3.63, 3.8) is 0 Å². The van der Waals surface area contributed by atoms with Crippen molar-refractivity contribution in [3.05, 3.63) is 77.9 Å². The van der Waals surface area contributed by atoms with Crippen LogP contribution < -0.4 is 16.8 Å². The van der Waals surface area contributed by atoms with Gasteiger partial charge in [-0.05, 0) is 36.6 Å². The van der Waals surface area contributed by atoms with Crippen LogP contribution in [0.15, 0.2) is 66.7 Å². The number of aliphatic carboxylic acids is 2. The highest BCUT2D eigenvalue weighted by molar-refractivity contribution is 5.89. The van der Waals surface area contributed by atoms with Gasteiger partial charge in [0.1, 0.15) is 0 Å². The van der Waals surface area contributed by atoms with E-state index in [0.717, 1.165) is 11.1 Å². The molecule has 1 atom stereocenters. The van der Waals surface area contributed by atoms with Crippen LogP contribution in [0.3, 0.4) is 0 Å². The normalized spacial score (nSPS) is 12.3. The van der Waals surface area contributed by atoms with Crippen LogP contribution in [-0.2, 0) is 26.3 Å². The summed E-state index contributed by atoms with van der Waals surface area (Å²) in [6, 6.07) is 17.6. The molecule has 0 radical (unpaired) electrons. The molecule has 8 heteroatoms. The minimum atomic E-state index is -1.26. The maximum atomic E-state index is 11.8. The first-order valence-electron chi connectivity index (χ1n) is 8.71. The van der Waals surface area contributed by atoms with Crippen LogP contribution in [-0.4, -0.2) is 34.6 Å². The molecule has 1 amide bonds. The standard InChI is InChI=1S/C17H21N3O.C4H4O4/c1-17(20-16(21)12-18,11-13-6-3-2-4-7-13)14-8-5-9-15(19)10-14;5-3(6)1-2-4(7)8/h2-10H,11-12,18-19H2,1H3,(H,20,21);1-2H,(H,5,6)(H,7,8). The van der Waals surface area contributed by atoms with Gasteiger partial charge in [0.25, 0.3) is 0 Å². The zero-order chi connectivity index (χ0) is 21.9. The lowest BCUT2D eigenvalue weighted by Gasteiger charge is -2.32. The minimum Gasteiger partial charge on any atom is -0.478 e. The fourth-order valence-corrected chi connectivity index (χ4v) is 2.61. The monoisotopic (exact) mass is 399 g/mol. The van der Waals surface area contributed by atoms with E-state index in [2.05, 4.69) is 5.32 Å². The number of hydrogen-bond acceptors (Lipinski definition) is 5. The van der Waals surface area contributed by atoms with Crippen LogP contribution in [0, 0.1) is 0 Å². The Bertz CT molecular complexity index is 852. The van der Waals surface area contributed by atoms with Gasteiger partial charge in [0.2, 0.25) is 5.91 Å². The molecule has 2 rings (SSSR count). The lowest BCUT2D eigenvalue weighted by atomic mass is 9.85. The van der Waals surface area contributed by atoms with Crippen molar-refractivity contribution in [3.8, 4) is 0 Å². The second kappa shape index (κ2) is 11.3. The van der Waals surface area contributed by atoms with Gasteiger partial charge in [0, 0.05) is 17.8 Å². The van der Waals surface area contributed by atoms with Gasteiger partial charge in [0.05, 0.1) is 12.1 Å². The highest BCUT2D eigenvalue weighted by Gasteiger charge is 2.28. The summed E-state index contributed by atoms with van der Waals surface area (Å²) in [5, 5.41) is 18.6. The first-order chi connectivity index (χ1) is 13.7. The smallest absolute Gasteiger partial charge is 0.328 e. The Kier molecular flexibility index (Phi) is 9.07. The number of carbonyl (C=O) groups excluding carboxylic acids is 1. The number of amides is 1. The molecule has 0 saturated carbocycles. The van der Waals surface area contributed by atoms with Crippen LogP contribution in [0.2, 0.25) is 0 Å². The lowest BCUT2D eigenvalue weighted by molar-refractivity contribution is -0.134. The second-order valence-electron chi connectivity index (χ2n) is 6.38. The number of rotatable bonds is 7. The molecule has 2 aromatic rings. The van der Waals surface area contributed by atoms with E-state index in [1.807, 2.05) is 61.5 Å². The summed E-state index contributed by atoms with van der Waals surface area (Å²) in [6.07, 6.45) is 1.79. The van der Waals surface area contributed by atoms with E-state index in [0.29, 0.717) is 24.3 Å². The number of nitrogens with one attached hydrogen (secondary N) is 1. The summed E-state index contributed by atoms with van der Waals surface area (Å²) in [4.78, 5) is 30.9. The zero-order valence-corrected chi connectivity index (χ0v) is 16.0. The number of carboxylic acids is 2. The first-order valence-corrected chi connectivity index (χ1v) is 8.71. The first kappa shape index (κ1) is 23.4. The van der Waals surface area contributed by atoms with E-state index >= 15 is 0 Å². The van der Waals surface area contributed by atoms with E-state index in [4.69, 9.17) is 21.7 Å². The van der Waals surface area contributed by atoms with Gasteiger partial charge < -0.3 is 27.0 Å². The third-order valence-electron chi connectivity index (χ3n) is 3.89. The molecule has 0 aliphatic carbocycles. The quantitative estimate of drug-likeness (QED) is 0.349. The molecule has 0 heterocycles. The van der Waals surface area contributed by atoms with E-state index in [9.17, 15) is 14.4 Å². The summed E-state index contributed by atoms with van der Waals surface area (Å²) < 4.78 is 0. The molecule has 0 aromatic heterocycles. The Morgan fingerprint density at radius 3 is 2.07 bits per heavy atom. The number of hydrogen-bond donors (Lipinski definition) is 5. The molecular formula is C21H25N3O5. The fraction of sp³-hybridized carbons (Fsp3) is 0.190. The second-order valence-corrected chi connectivity index (χ2v) is 6.38. The van der Waals surface area contributed by atoms with Crippen molar-refractivity contribution in [1.29, 1.82) is 0 Å². The molecule has 2 aromatic carbocycles. The molecule has 0 bridgehead atoms. The number of nitrogen functional groups attached to an aromatic ring is 1. The maximum absolute atomic E-state index is 11.8. The molecule has 0 aliphatic rings. The summed E-state index contributed by atoms with van der Waals surface area (Å²) in [5.74, 6) is -2.70. The molecule has 0 aliphatic heterocycles. The third kappa shape index (κ3) is 8.72. The van der Waals surface area contributed by atoms with Crippen molar-refractivity contribution in [2.24, 2.45) is 5.73 Å². The minimum absolute atomic E-state index is 0.0350. The molecule has 0 fully saturated rings. The van der Waals surface area contributed by atoms with Crippen LogP contribution in [0.5, 0.6) is 0 Å². The zero-order valence-electron chi connectivity index (χ0n) is 16.0. The molecule has 0 spiro atoms. The van der Waals surface area contributed by atoms with E-state index in [-0.39, 0.29) is 12.5 Å². The Morgan fingerprint density at radius 2 is 1.59 bits per heavy atom. The van der Waals surface area contributed by atoms with Crippen molar-refractivity contribution in [2.45, 2.75) is 18.9 Å². The average molecular weight is 399 g/mol. The fourth-order valence-electron chi connectivity index (χ4n) is 2.61. The Labute approximate surface area is 168 Å². The maximum Gasteiger partial charge on any atom is 0.328 e. The third-order valence-corrected chi connectivity index (χ3v) is 3.89. The SMILES string of the molecule is CC(Cc1ccccc1)(NC(=O)CN)c1cccc(N)c1.O=C(O)C=CC(=O)O. The van der Waals surface area contributed by atoms with Crippen molar-refractivity contribution in [1.82, 2.24) is 5.32 Å². The number of carbonyl (C=O) groups is 3. The molecule has 154 valence electrons. The van der Waals surface area contributed by atoms with E-state index in [1.165, 1.54) is 0 Å². The largest absolute Gasteiger partial charge is 0.478 e. The summed E-state index contributed by atoms with van der Waals surface area (Å²) in [7, 11) is 0. The van der Waals surface area contributed by atoms with E-state index < -0.39 is 17.5 Å². The number of anilines is 1. The summed E-state index contributed by atoms with van der Waals surface area (Å²) in [5.41, 5.74) is 13.5. The highest BCUT2D eigenvalue weighted by atomic mass is 16.4. The van der Waals surface area contributed by atoms with Crippen LogP contribution >= 0.6 is 0 Å². The summed E-state index contributed by atoms with van der Waals surface area (Å²) >= 11 is 0. The Hall–Kier alpha value is -3.65. The van der Waals surface area contributed by atoms with Gasteiger partial charge in [-0.1, -0.05) is 42.5 Å². The van der Waals surface area contributed by atoms with Crippen molar-refractivity contribution < 1.29 is 24.6 Å². The number of nitrogens with two attached hydrogens (primary N) is 2. The van der Waals surface area contributed by atoms with Crippen molar-refractivity contribution in [2.75, 3.05) is 12.3 Å². The molecule has 29 heavy (non-hydrogen) atoms. The van der Waals surface area contributed by atoms with Crippen LogP contribution in [0.25, 0.3) is 0 Å². The number of benzene rings is 2. The molecular weight excluding hydrogens is 374 g/mol.